The van der Waals surface area contributed by atoms with Crippen molar-refractivity contribution in [2.24, 2.45) is 0 Å². The van der Waals surface area contributed by atoms with E-state index in [1.165, 1.54) is 18.3 Å². The molecule has 0 spiro atoms. The molecule has 0 atom stereocenters. The van der Waals surface area contributed by atoms with Crippen LogP contribution in [0.25, 0.3) is 11.7 Å². The number of carbonyl (C=O) groups is 1. The number of fused-ring (bicyclic) bond motifs is 1. The van der Waals surface area contributed by atoms with Gasteiger partial charge in [0, 0.05) is 24.0 Å². The van der Waals surface area contributed by atoms with Gasteiger partial charge in [-0.25, -0.2) is 9.37 Å². The average Bonchev–Trinajstić information content (AvgIpc) is 3.06. The number of nitrogens with zero attached hydrogens (tertiary/aromatic N) is 2. The number of pyridine rings is 1. The summed E-state index contributed by atoms with van der Waals surface area (Å²) in [5.74, 6) is 0.679. The van der Waals surface area contributed by atoms with Crippen LogP contribution in [0.3, 0.4) is 0 Å². The van der Waals surface area contributed by atoms with Crippen molar-refractivity contribution < 1.29 is 18.7 Å². The number of ether oxygens (including phenoxy) is 2. The first kappa shape index (κ1) is 17.5. The molecule has 0 bridgehead atoms. The zero-order valence-corrected chi connectivity index (χ0v) is 14.4. The van der Waals surface area contributed by atoms with Crippen LogP contribution in [0.1, 0.15) is 11.3 Å². The maximum atomic E-state index is 13.2. The minimum absolute atomic E-state index is 0.238. The normalized spacial score (nSPS) is 11.0. The standard InChI is InChI=1S/C19H18FN3O3/c1-25-16-5-6-17(26-2)13(9-16)3-8-19(24)21-10-15-12-23-11-14(20)4-7-18(23)22-15/h3-9,11-12H,10H2,1-2H3,(H,21,24)/b8-3+. The lowest BCUT2D eigenvalue weighted by Gasteiger charge is -2.07. The Labute approximate surface area is 149 Å². The van der Waals surface area contributed by atoms with Crippen molar-refractivity contribution >= 4 is 17.6 Å². The lowest BCUT2D eigenvalue weighted by Crippen LogP contribution is -2.20. The van der Waals surface area contributed by atoms with Crippen molar-refractivity contribution in [2.45, 2.75) is 6.54 Å². The van der Waals surface area contributed by atoms with E-state index in [9.17, 15) is 9.18 Å². The third-order valence-corrected chi connectivity index (χ3v) is 3.76. The van der Waals surface area contributed by atoms with Crippen molar-refractivity contribution in [1.82, 2.24) is 14.7 Å². The van der Waals surface area contributed by atoms with Crippen LogP contribution in [-0.4, -0.2) is 29.5 Å². The van der Waals surface area contributed by atoms with Gasteiger partial charge in [0.2, 0.25) is 5.91 Å². The van der Waals surface area contributed by atoms with Gasteiger partial charge in [-0.2, -0.15) is 0 Å². The van der Waals surface area contributed by atoms with Crippen LogP contribution in [0.4, 0.5) is 4.39 Å². The van der Waals surface area contributed by atoms with E-state index in [1.807, 2.05) is 0 Å². The number of imidazole rings is 1. The third-order valence-electron chi connectivity index (χ3n) is 3.76. The second kappa shape index (κ2) is 7.69. The Balaban J connectivity index is 1.65. The number of hydrogen-bond donors (Lipinski definition) is 1. The van der Waals surface area contributed by atoms with Gasteiger partial charge >= 0.3 is 0 Å². The van der Waals surface area contributed by atoms with Crippen LogP contribution in [0.5, 0.6) is 11.5 Å². The second-order valence-corrected chi connectivity index (χ2v) is 5.50. The van der Waals surface area contributed by atoms with Gasteiger partial charge in [0.1, 0.15) is 23.0 Å². The van der Waals surface area contributed by atoms with E-state index in [0.717, 1.165) is 5.56 Å². The topological polar surface area (TPSA) is 64.9 Å². The van der Waals surface area contributed by atoms with Gasteiger partial charge in [0.25, 0.3) is 0 Å². The number of amides is 1. The fourth-order valence-corrected chi connectivity index (χ4v) is 2.47. The monoisotopic (exact) mass is 355 g/mol. The molecule has 7 heteroatoms. The number of rotatable bonds is 6. The summed E-state index contributed by atoms with van der Waals surface area (Å²) in [7, 11) is 3.13. The minimum Gasteiger partial charge on any atom is -0.497 e. The average molecular weight is 355 g/mol. The van der Waals surface area contributed by atoms with Crippen molar-refractivity contribution in [3.63, 3.8) is 0 Å². The van der Waals surface area contributed by atoms with Crippen molar-refractivity contribution in [1.29, 1.82) is 0 Å². The fraction of sp³-hybridized carbons (Fsp3) is 0.158. The molecule has 0 saturated heterocycles. The molecule has 0 fully saturated rings. The molecule has 0 unspecified atom stereocenters. The Kier molecular flexibility index (Phi) is 5.17. The van der Waals surface area contributed by atoms with Crippen molar-refractivity contribution in [2.75, 3.05) is 14.2 Å². The maximum absolute atomic E-state index is 13.2. The van der Waals surface area contributed by atoms with E-state index >= 15 is 0 Å². The first-order valence-electron chi connectivity index (χ1n) is 7.90. The zero-order valence-electron chi connectivity index (χ0n) is 14.4. The van der Waals surface area contributed by atoms with E-state index in [-0.39, 0.29) is 18.3 Å². The SMILES string of the molecule is COc1ccc(OC)c(/C=C/C(=O)NCc2cn3cc(F)ccc3n2)c1. The number of carbonyl (C=O) groups excluding carboxylic acids is 1. The number of hydrogen-bond acceptors (Lipinski definition) is 4. The molecule has 0 aliphatic heterocycles. The van der Waals surface area contributed by atoms with Gasteiger partial charge in [0.05, 0.1) is 26.5 Å². The molecule has 1 aromatic carbocycles. The summed E-state index contributed by atoms with van der Waals surface area (Å²) in [5, 5.41) is 2.74. The van der Waals surface area contributed by atoms with E-state index < -0.39 is 0 Å². The lowest BCUT2D eigenvalue weighted by molar-refractivity contribution is -0.116. The number of halogens is 1. The second-order valence-electron chi connectivity index (χ2n) is 5.50. The predicted molar refractivity (Wildman–Crippen MR) is 95.6 cm³/mol. The summed E-state index contributed by atoms with van der Waals surface area (Å²) in [6.45, 7) is 0.238. The summed E-state index contributed by atoms with van der Waals surface area (Å²) in [6.07, 6.45) is 6.07. The molecule has 2 heterocycles. The molecule has 6 nitrogen and oxygen atoms in total. The van der Waals surface area contributed by atoms with Gasteiger partial charge in [-0.1, -0.05) is 0 Å². The van der Waals surface area contributed by atoms with Crippen LogP contribution in [0.15, 0.2) is 48.8 Å². The Morgan fingerprint density at radius 1 is 1.23 bits per heavy atom. The van der Waals surface area contributed by atoms with Crippen LogP contribution < -0.4 is 14.8 Å². The Morgan fingerprint density at radius 2 is 2.08 bits per heavy atom. The molecule has 0 saturated carbocycles. The van der Waals surface area contributed by atoms with Gasteiger partial charge in [0.15, 0.2) is 0 Å². The first-order chi connectivity index (χ1) is 12.6. The summed E-state index contributed by atoms with van der Waals surface area (Å²) < 4.78 is 25.2. The Bertz CT molecular complexity index is 966. The molecule has 2 aromatic heterocycles. The Hall–Kier alpha value is -3.35. The molecule has 1 amide bonds. The van der Waals surface area contributed by atoms with E-state index in [2.05, 4.69) is 10.3 Å². The summed E-state index contributed by atoms with van der Waals surface area (Å²) >= 11 is 0. The van der Waals surface area contributed by atoms with Gasteiger partial charge in [-0.15, -0.1) is 0 Å². The molecule has 134 valence electrons. The molecule has 0 aliphatic carbocycles. The van der Waals surface area contributed by atoms with Crippen LogP contribution >= 0.6 is 0 Å². The summed E-state index contributed by atoms with van der Waals surface area (Å²) in [5.41, 5.74) is 1.98. The summed E-state index contributed by atoms with van der Waals surface area (Å²) in [4.78, 5) is 16.4. The number of nitrogens with one attached hydrogen (secondary N) is 1. The highest BCUT2D eigenvalue weighted by Gasteiger charge is 2.05. The minimum atomic E-state index is -0.347. The zero-order chi connectivity index (χ0) is 18.5. The first-order valence-corrected chi connectivity index (χ1v) is 7.90. The van der Waals surface area contributed by atoms with Crippen LogP contribution in [0.2, 0.25) is 0 Å². The number of methoxy groups -OCH3 is 2. The molecular formula is C19H18FN3O3. The maximum Gasteiger partial charge on any atom is 0.244 e. The van der Waals surface area contributed by atoms with Gasteiger partial charge in [-0.3, -0.25) is 4.79 Å². The number of aromatic nitrogens is 2. The molecule has 0 radical (unpaired) electrons. The molecule has 1 N–H and O–H groups in total. The lowest BCUT2D eigenvalue weighted by atomic mass is 10.1. The van der Waals surface area contributed by atoms with Crippen molar-refractivity contribution in [3.05, 3.63) is 65.9 Å². The quantitative estimate of drug-likeness (QED) is 0.691. The van der Waals surface area contributed by atoms with Crippen LogP contribution in [0, 0.1) is 5.82 Å². The number of benzene rings is 1. The molecule has 26 heavy (non-hydrogen) atoms. The van der Waals surface area contributed by atoms with Gasteiger partial charge < -0.3 is 19.2 Å². The smallest absolute Gasteiger partial charge is 0.244 e. The third kappa shape index (κ3) is 4.00. The van der Waals surface area contributed by atoms with E-state index in [4.69, 9.17) is 9.47 Å². The largest absolute Gasteiger partial charge is 0.497 e. The molecule has 3 rings (SSSR count). The van der Waals surface area contributed by atoms with E-state index in [1.54, 1.807) is 55.2 Å². The molecular weight excluding hydrogens is 337 g/mol. The van der Waals surface area contributed by atoms with E-state index in [0.29, 0.717) is 22.8 Å². The highest BCUT2D eigenvalue weighted by molar-refractivity contribution is 5.92. The highest BCUT2D eigenvalue weighted by atomic mass is 19.1. The fourth-order valence-electron chi connectivity index (χ4n) is 2.47. The Morgan fingerprint density at radius 3 is 2.85 bits per heavy atom. The molecule has 3 aromatic rings. The van der Waals surface area contributed by atoms with Gasteiger partial charge in [-0.05, 0) is 36.4 Å². The summed E-state index contributed by atoms with van der Waals surface area (Å²) in [6, 6.07) is 8.25. The highest BCUT2D eigenvalue weighted by Crippen LogP contribution is 2.24. The van der Waals surface area contributed by atoms with Crippen molar-refractivity contribution in [3.8, 4) is 11.5 Å². The molecule has 0 aliphatic rings. The predicted octanol–water partition coefficient (Wildman–Crippen LogP) is 2.82. The van der Waals surface area contributed by atoms with Crippen LogP contribution in [-0.2, 0) is 11.3 Å².